The second-order valence-electron chi connectivity index (χ2n) is 7.05. The Balaban J connectivity index is 1.78. The lowest BCUT2D eigenvalue weighted by Gasteiger charge is -2.29. The average molecular weight is 454 g/mol. The van der Waals surface area contributed by atoms with Crippen LogP contribution in [0, 0.1) is 0 Å². The molecular formula is C22H23N5O4S. The van der Waals surface area contributed by atoms with Crippen molar-refractivity contribution in [2.24, 2.45) is 0 Å². The molecule has 0 saturated carbocycles. The molecular weight excluding hydrogens is 430 g/mol. The third-order valence-corrected chi connectivity index (χ3v) is 5.67. The van der Waals surface area contributed by atoms with E-state index in [1.165, 1.54) is 24.9 Å². The van der Waals surface area contributed by atoms with Crippen molar-refractivity contribution in [3.63, 3.8) is 0 Å². The Bertz CT molecular complexity index is 1190. The maximum atomic E-state index is 13.4. The van der Waals surface area contributed by atoms with Gasteiger partial charge in [-0.05, 0) is 55.1 Å². The third kappa shape index (κ3) is 3.96. The number of benzene rings is 2. The van der Waals surface area contributed by atoms with Crippen LogP contribution in [0.1, 0.15) is 18.5 Å². The number of phenolic OH excluding ortho intramolecular Hbond substituents is 1. The summed E-state index contributed by atoms with van der Waals surface area (Å²) < 4.78 is 12.1. The van der Waals surface area contributed by atoms with Gasteiger partial charge < -0.3 is 25.2 Å². The fourth-order valence-electron chi connectivity index (χ4n) is 3.56. The number of thioether (sulfide) groups is 1. The molecule has 0 bridgehead atoms. The number of allylic oxidation sites excluding steroid dienone is 1. The molecule has 0 saturated heterocycles. The number of aromatic nitrogens is 3. The van der Waals surface area contributed by atoms with Crippen molar-refractivity contribution in [2.45, 2.75) is 18.1 Å². The Morgan fingerprint density at radius 1 is 1.19 bits per heavy atom. The summed E-state index contributed by atoms with van der Waals surface area (Å²) in [6.45, 7) is 1.82. The van der Waals surface area contributed by atoms with Crippen LogP contribution in [0.2, 0.25) is 0 Å². The molecule has 166 valence electrons. The van der Waals surface area contributed by atoms with Crippen molar-refractivity contribution in [1.82, 2.24) is 14.8 Å². The van der Waals surface area contributed by atoms with E-state index in [0.29, 0.717) is 39.6 Å². The number of ether oxygens (including phenoxy) is 2. The molecule has 0 spiro atoms. The van der Waals surface area contributed by atoms with Gasteiger partial charge in [0.15, 0.2) is 11.5 Å². The first-order valence-electron chi connectivity index (χ1n) is 9.75. The molecule has 3 N–H and O–H groups in total. The van der Waals surface area contributed by atoms with E-state index in [9.17, 15) is 9.90 Å². The van der Waals surface area contributed by atoms with Gasteiger partial charge in [0.25, 0.3) is 5.91 Å². The van der Waals surface area contributed by atoms with Crippen molar-refractivity contribution in [1.29, 1.82) is 0 Å². The smallest absolute Gasteiger partial charge is 0.255 e. The molecule has 1 unspecified atom stereocenters. The Kier molecular flexibility index (Phi) is 5.95. The minimum absolute atomic E-state index is 0.0127. The van der Waals surface area contributed by atoms with Gasteiger partial charge in [0.05, 0.1) is 19.8 Å². The Hall–Kier alpha value is -3.66. The van der Waals surface area contributed by atoms with Crippen LogP contribution in [-0.4, -0.2) is 46.3 Å². The van der Waals surface area contributed by atoms with E-state index < -0.39 is 6.04 Å². The van der Waals surface area contributed by atoms with E-state index in [1.54, 1.807) is 48.2 Å². The molecule has 32 heavy (non-hydrogen) atoms. The van der Waals surface area contributed by atoms with Crippen molar-refractivity contribution < 1.29 is 19.4 Å². The molecule has 2 heterocycles. The first-order valence-corrected chi connectivity index (χ1v) is 11.0. The Labute approximate surface area is 189 Å². The van der Waals surface area contributed by atoms with Crippen molar-refractivity contribution in [2.75, 3.05) is 31.1 Å². The molecule has 0 fully saturated rings. The van der Waals surface area contributed by atoms with Gasteiger partial charge >= 0.3 is 0 Å². The molecule has 1 aliphatic heterocycles. The second-order valence-corrected chi connectivity index (χ2v) is 7.82. The van der Waals surface area contributed by atoms with Crippen molar-refractivity contribution in [3.05, 3.63) is 59.3 Å². The van der Waals surface area contributed by atoms with Crippen LogP contribution < -0.4 is 20.1 Å². The standard InChI is InChI=1S/C22H23N5O4S/c1-12-18(20(29)24-14-6-8-15(30-2)9-7-14)19(13-5-10-16(28)17(11-13)31-3)27-21(23-12)25-22(26-27)32-4/h5-11,19,28H,1-4H3,(H,24,29)(H,23,25,26). The highest BCUT2D eigenvalue weighted by molar-refractivity contribution is 7.98. The molecule has 0 radical (unpaired) electrons. The summed E-state index contributed by atoms with van der Waals surface area (Å²) in [6.07, 6.45) is 1.89. The number of amides is 1. The highest BCUT2D eigenvalue weighted by Gasteiger charge is 2.34. The number of methoxy groups -OCH3 is 2. The molecule has 10 heteroatoms. The summed E-state index contributed by atoms with van der Waals surface area (Å²) in [5.41, 5.74) is 2.48. The van der Waals surface area contributed by atoms with Gasteiger partial charge in [-0.2, -0.15) is 4.98 Å². The van der Waals surface area contributed by atoms with Crippen molar-refractivity contribution in [3.8, 4) is 17.2 Å². The maximum Gasteiger partial charge on any atom is 0.255 e. The summed E-state index contributed by atoms with van der Waals surface area (Å²) >= 11 is 1.41. The Morgan fingerprint density at radius 2 is 1.94 bits per heavy atom. The first kappa shape index (κ1) is 21.6. The normalized spacial score (nSPS) is 15.1. The quantitative estimate of drug-likeness (QED) is 0.485. The lowest BCUT2D eigenvalue weighted by atomic mass is 9.94. The largest absolute Gasteiger partial charge is 0.504 e. The van der Waals surface area contributed by atoms with Crippen LogP contribution in [0.4, 0.5) is 11.6 Å². The van der Waals surface area contributed by atoms with E-state index in [1.807, 2.05) is 13.2 Å². The van der Waals surface area contributed by atoms with Crippen LogP contribution in [0.25, 0.3) is 0 Å². The van der Waals surface area contributed by atoms with Gasteiger partial charge in [-0.15, -0.1) is 5.10 Å². The van der Waals surface area contributed by atoms with Gasteiger partial charge in [-0.25, -0.2) is 4.68 Å². The molecule has 9 nitrogen and oxygen atoms in total. The number of rotatable bonds is 6. The first-order chi connectivity index (χ1) is 15.4. The maximum absolute atomic E-state index is 13.4. The molecule has 2 aromatic carbocycles. The van der Waals surface area contributed by atoms with Gasteiger partial charge in [0.1, 0.15) is 11.8 Å². The van der Waals surface area contributed by atoms with Crippen LogP contribution in [0.3, 0.4) is 0 Å². The fraction of sp³-hybridized carbons (Fsp3) is 0.227. The van der Waals surface area contributed by atoms with E-state index in [2.05, 4.69) is 20.7 Å². The minimum Gasteiger partial charge on any atom is -0.504 e. The molecule has 1 atom stereocenters. The number of phenols is 1. The minimum atomic E-state index is -0.576. The lowest BCUT2D eigenvalue weighted by Crippen LogP contribution is -2.31. The van der Waals surface area contributed by atoms with Gasteiger partial charge in [0, 0.05) is 11.4 Å². The van der Waals surface area contributed by atoms with Gasteiger partial charge in [0.2, 0.25) is 11.1 Å². The number of nitrogens with zero attached hydrogens (tertiary/aromatic N) is 3. The fourth-order valence-corrected chi connectivity index (χ4v) is 3.90. The summed E-state index contributed by atoms with van der Waals surface area (Å²) in [5, 5.41) is 21.3. The van der Waals surface area contributed by atoms with Crippen LogP contribution in [-0.2, 0) is 4.79 Å². The molecule has 1 aliphatic rings. The van der Waals surface area contributed by atoms with E-state index >= 15 is 0 Å². The molecule has 4 rings (SSSR count). The number of carbonyl (C=O) groups excluding carboxylic acids is 1. The molecule has 1 aromatic heterocycles. The zero-order valence-electron chi connectivity index (χ0n) is 18.0. The monoisotopic (exact) mass is 453 g/mol. The van der Waals surface area contributed by atoms with Crippen molar-refractivity contribution >= 4 is 29.3 Å². The number of fused-ring (bicyclic) bond motifs is 1. The number of anilines is 2. The highest BCUT2D eigenvalue weighted by atomic mass is 32.2. The summed E-state index contributed by atoms with van der Waals surface area (Å²) in [6, 6.07) is 11.5. The molecule has 3 aromatic rings. The molecule has 0 aliphatic carbocycles. The third-order valence-electron chi connectivity index (χ3n) is 5.13. The highest BCUT2D eigenvalue weighted by Crippen LogP contribution is 2.39. The van der Waals surface area contributed by atoms with E-state index in [-0.39, 0.29) is 11.7 Å². The predicted molar refractivity (Wildman–Crippen MR) is 123 cm³/mol. The second kappa shape index (κ2) is 8.83. The summed E-state index contributed by atoms with van der Waals surface area (Å²) in [4.78, 5) is 17.9. The van der Waals surface area contributed by atoms with Crippen LogP contribution >= 0.6 is 11.8 Å². The molecule has 1 amide bonds. The zero-order valence-corrected chi connectivity index (χ0v) is 18.9. The van der Waals surface area contributed by atoms with E-state index in [0.717, 1.165) is 5.56 Å². The van der Waals surface area contributed by atoms with Gasteiger partial charge in [-0.1, -0.05) is 17.8 Å². The number of carbonyl (C=O) groups is 1. The van der Waals surface area contributed by atoms with Crippen LogP contribution in [0.15, 0.2) is 58.9 Å². The van der Waals surface area contributed by atoms with E-state index in [4.69, 9.17) is 9.47 Å². The topological polar surface area (TPSA) is 111 Å². The van der Waals surface area contributed by atoms with Gasteiger partial charge in [-0.3, -0.25) is 4.79 Å². The summed E-state index contributed by atoms with van der Waals surface area (Å²) in [7, 11) is 3.07. The SMILES string of the molecule is COc1ccc(NC(=O)C2=C(C)Nc3nc(SC)nn3C2c2ccc(O)c(OC)c2)cc1. The number of nitrogens with one attached hydrogen (secondary N) is 2. The number of hydrogen-bond acceptors (Lipinski definition) is 8. The zero-order chi connectivity index (χ0) is 22.8. The predicted octanol–water partition coefficient (Wildman–Crippen LogP) is 3.65. The average Bonchev–Trinajstić information content (AvgIpc) is 3.21. The van der Waals surface area contributed by atoms with Crippen LogP contribution in [0.5, 0.6) is 17.2 Å². The Morgan fingerprint density at radius 3 is 2.59 bits per heavy atom. The lowest BCUT2D eigenvalue weighted by molar-refractivity contribution is -0.113. The number of hydrogen-bond donors (Lipinski definition) is 3. The summed E-state index contributed by atoms with van der Waals surface area (Å²) in [5.74, 6) is 1.26. The number of aromatic hydroxyl groups is 1.